The summed E-state index contributed by atoms with van der Waals surface area (Å²) in [5.74, 6) is -1.31. The van der Waals surface area contributed by atoms with Crippen molar-refractivity contribution in [3.63, 3.8) is 0 Å². The van der Waals surface area contributed by atoms with Crippen LogP contribution in [0.4, 0.5) is 4.39 Å². The zero-order chi connectivity index (χ0) is 23.3. The molecule has 0 spiro atoms. The van der Waals surface area contributed by atoms with Crippen LogP contribution in [0, 0.1) is 5.82 Å². The smallest absolute Gasteiger partial charge is 0.305 e. The van der Waals surface area contributed by atoms with Gasteiger partial charge in [0.1, 0.15) is 5.82 Å². The summed E-state index contributed by atoms with van der Waals surface area (Å²) in [7, 11) is 0. The van der Waals surface area contributed by atoms with Gasteiger partial charge in [-0.15, -0.1) is 0 Å². The lowest BCUT2D eigenvalue weighted by atomic mass is 9.89. The summed E-state index contributed by atoms with van der Waals surface area (Å²) in [6.45, 7) is 4.15. The largest absolute Gasteiger partial charge is 0.481 e. The van der Waals surface area contributed by atoms with Crippen LogP contribution in [0.1, 0.15) is 50.3 Å². The Labute approximate surface area is 186 Å². The summed E-state index contributed by atoms with van der Waals surface area (Å²) in [5, 5.41) is 30.0. The molecular weight excluding hydrogens is 409 g/mol. The van der Waals surface area contributed by atoms with E-state index in [9.17, 15) is 19.4 Å². The van der Waals surface area contributed by atoms with E-state index in [4.69, 9.17) is 10.1 Å². The van der Waals surface area contributed by atoms with Gasteiger partial charge in [-0.25, -0.2) is 4.39 Å². The van der Waals surface area contributed by atoms with E-state index in [0.717, 1.165) is 39.7 Å². The molecule has 0 bridgehead atoms. The number of carboxylic acids is 1. The second-order valence-electron chi connectivity index (χ2n) is 8.03. The van der Waals surface area contributed by atoms with Gasteiger partial charge < -0.3 is 15.3 Å². The van der Waals surface area contributed by atoms with Crippen LogP contribution >= 0.6 is 0 Å². The van der Waals surface area contributed by atoms with E-state index in [1.165, 1.54) is 12.1 Å². The lowest BCUT2D eigenvalue weighted by Gasteiger charge is -2.19. The normalized spacial score (nSPS) is 14.5. The maximum Gasteiger partial charge on any atom is 0.305 e. The molecular formula is C26H28FNO4. The molecule has 3 unspecified atom stereocenters. The number of rotatable bonds is 9. The lowest BCUT2D eigenvalue weighted by Crippen LogP contribution is -2.19. The first-order valence-electron chi connectivity index (χ1n) is 10.7. The Morgan fingerprint density at radius 3 is 2.47 bits per heavy atom. The van der Waals surface area contributed by atoms with Gasteiger partial charge in [-0.05, 0) is 36.1 Å². The summed E-state index contributed by atoms with van der Waals surface area (Å²) >= 11 is 0. The summed E-state index contributed by atoms with van der Waals surface area (Å²) in [4.78, 5) is 15.7. The van der Waals surface area contributed by atoms with Gasteiger partial charge in [-0.1, -0.05) is 56.3 Å². The number of pyridine rings is 1. The van der Waals surface area contributed by atoms with Gasteiger partial charge >= 0.3 is 5.97 Å². The van der Waals surface area contributed by atoms with Crippen LogP contribution in [0.25, 0.3) is 28.1 Å². The van der Waals surface area contributed by atoms with Crippen molar-refractivity contribution < 1.29 is 24.5 Å². The molecule has 0 saturated carbocycles. The average Bonchev–Trinajstić information content (AvgIpc) is 2.76. The molecule has 0 saturated heterocycles. The van der Waals surface area contributed by atoms with Crippen LogP contribution in [0.5, 0.6) is 0 Å². The topological polar surface area (TPSA) is 90.7 Å². The molecule has 5 nitrogen and oxygen atoms in total. The van der Waals surface area contributed by atoms with Crippen LogP contribution in [-0.2, 0) is 4.79 Å². The monoisotopic (exact) mass is 437 g/mol. The van der Waals surface area contributed by atoms with E-state index in [1.807, 2.05) is 24.3 Å². The molecule has 3 rings (SSSR count). The Hall–Kier alpha value is -3.09. The van der Waals surface area contributed by atoms with E-state index in [2.05, 4.69) is 13.8 Å². The fraction of sp³-hybridized carbons (Fsp3) is 0.308. The van der Waals surface area contributed by atoms with E-state index in [0.29, 0.717) is 0 Å². The van der Waals surface area contributed by atoms with Crippen molar-refractivity contribution in [3.8, 4) is 11.1 Å². The van der Waals surface area contributed by atoms with Crippen LogP contribution in [0.15, 0.2) is 54.6 Å². The molecule has 6 heteroatoms. The van der Waals surface area contributed by atoms with Gasteiger partial charge in [0.05, 0.1) is 29.8 Å². The number of aromatic nitrogens is 1. The van der Waals surface area contributed by atoms with Crippen molar-refractivity contribution in [1.82, 2.24) is 4.98 Å². The zero-order valence-corrected chi connectivity index (χ0v) is 18.2. The van der Waals surface area contributed by atoms with E-state index < -0.39 is 24.6 Å². The predicted molar refractivity (Wildman–Crippen MR) is 124 cm³/mol. The number of aliphatic carboxylic acids is 1. The fourth-order valence-corrected chi connectivity index (χ4v) is 3.76. The van der Waals surface area contributed by atoms with E-state index in [1.54, 1.807) is 24.3 Å². The Balaban J connectivity index is 2.14. The third-order valence-corrected chi connectivity index (χ3v) is 5.58. The molecule has 168 valence electrons. The molecule has 0 aliphatic heterocycles. The Bertz CT molecular complexity index is 1110. The minimum atomic E-state index is -1.15. The van der Waals surface area contributed by atoms with E-state index >= 15 is 0 Å². The quantitative estimate of drug-likeness (QED) is 0.430. The number of para-hydroxylation sites is 1. The highest BCUT2D eigenvalue weighted by Crippen LogP contribution is 2.37. The van der Waals surface area contributed by atoms with Gasteiger partial charge in [0.25, 0.3) is 0 Å². The summed E-state index contributed by atoms with van der Waals surface area (Å²) in [6.07, 6.45) is 1.49. The number of hydrogen-bond donors (Lipinski definition) is 3. The van der Waals surface area contributed by atoms with Gasteiger partial charge in [0.15, 0.2) is 0 Å². The first-order valence-corrected chi connectivity index (χ1v) is 10.7. The molecule has 0 aliphatic rings. The SMILES string of the molecule is CCC(C)c1nc2ccccc2c(-c2ccc(F)cc2)c1/C=C/C(O)CC(O)CC(=O)O. The molecule has 1 aromatic heterocycles. The van der Waals surface area contributed by atoms with Gasteiger partial charge in [-0.3, -0.25) is 9.78 Å². The zero-order valence-electron chi connectivity index (χ0n) is 18.2. The third kappa shape index (κ3) is 5.58. The van der Waals surface area contributed by atoms with Gasteiger partial charge in [0.2, 0.25) is 0 Å². The molecule has 1 heterocycles. The minimum absolute atomic E-state index is 0.0889. The number of aliphatic hydroxyl groups excluding tert-OH is 2. The number of benzene rings is 2. The third-order valence-electron chi connectivity index (χ3n) is 5.58. The molecule has 0 fully saturated rings. The Morgan fingerprint density at radius 1 is 1.12 bits per heavy atom. The molecule has 3 atom stereocenters. The number of fused-ring (bicyclic) bond motifs is 1. The molecule has 0 aliphatic carbocycles. The Kier molecular flexibility index (Phi) is 7.72. The molecule has 0 amide bonds. The highest BCUT2D eigenvalue weighted by molar-refractivity contribution is 5.99. The molecule has 32 heavy (non-hydrogen) atoms. The summed E-state index contributed by atoms with van der Waals surface area (Å²) in [5.41, 5.74) is 4.23. The van der Waals surface area contributed by atoms with Crippen molar-refractivity contribution >= 4 is 22.9 Å². The number of carbonyl (C=O) groups is 1. The van der Waals surface area contributed by atoms with Crippen molar-refractivity contribution in [2.75, 3.05) is 0 Å². The maximum absolute atomic E-state index is 13.6. The van der Waals surface area contributed by atoms with Crippen LogP contribution in [0.3, 0.4) is 0 Å². The molecule has 2 aromatic carbocycles. The van der Waals surface area contributed by atoms with Crippen LogP contribution < -0.4 is 0 Å². The molecule has 0 radical (unpaired) electrons. The minimum Gasteiger partial charge on any atom is -0.481 e. The van der Waals surface area contributed by atoms with E-state index in [-0.39, 0.29) is 18.2 Å². The van der Waals surface area contributed by atoms with Crippen molar-refractivity contribution in [3.05, 3.63) is 71.7 Å². The van der Waals surface area contributed by atoms with Crippen LogP contribution in [-0.4, -0.2) is 38.5 Å². The number of halogens is 1. The summed E-state index contributed by atoms with van der Waals surface area (Å²) in [6, 6.07) is 14.0. The van der Waals surface area contributed by atoms with Crippen molar-refractivity contribution in [2.24, 2.45) is 0 Å². The number of carboxylic acid groups (broad SMARTS) is 1. The molecule has 3 aromatic rings. The highest BCUT2D eigenvalue weighted by Gasteiger charge is 2.19. The second-order valence-corrected chi connectivity index (χ2v) is 8.03. The standard InChI is InChI=1S/C26H28FNO4/c1-3-16(2)26-22(13-12-19(29)14-20(30)15-24(31)32)25(17-8-10-18(27)11-9-17)21-6-4-5-7-23(21)28-26/h4-13,16,19-20,29-30H,3,14-15H2,1-2H3,(H,31,32)/b13-12+. The second kappa shape index (κ2) is 10.5. The average molecular weight is 438 g/mol. The van der Waals surface area contributed by atoms with Crippen molar-refractivity contribution in [2.45, 2.75) is 51.2 Å². The highest BCUT2D eigenvalue weighted by atomic mass is 19.1. The summed E-state index contributed by atoms with van der Waals surface area (Å²) < 4.78 is 13.6. The first kappa shape index (κ1) is 23.6. The maximum atomic E-state index is 13.6. The predicted octanol–water partition coefficient (Wildman–Crippen LogP) is 5.15. The first-order chi connectivity index (χ1) is 15.3. The molecule has 3 N–H and O–H groups in total. The number of aliphatic hydroxyl groups is 2. The fourth-order valence-electron chi connectivity index (χ4n) is 3.76. The van der Waals surface area contributed by atoms with Crippen molar-refractivity contribution in [1.29, 1.82) is 0 Å². The van der Waals surface area contributed by atoms with Gasteiger partial charge in [-0.2, -0.15) is 0 Å². The van der Waals surface area contributed by atoms with Gasteiger partial charge in [0, 0.05) is 22.9 Å². The van der Waals surface area contributed by atoms with Crippen LogP contribution in [0.2, 0.25) is 0 Å². The number of hydrogen-bond acceptors (Lipinski definition) is 4. The lowest BCUT2D eigenvalue weighted by molar-refractivity contribution is -0.139. The number of nitrogens with zero attached hydrogens (tertiary/aromatic N) is 1. The Morgan fingerprint density at radius 2 is 1.81 bits per heavy atom.